The fourth-order valence-corrected chi connectivity index (χ4v) is 5.38. The minimum Gasteiger partial charge on any atom is -0.483 e. The molecule has 22 heavy (non-hydrogen) atoms. The third-order valence-electron chi connectivity index (χ3n) is 6.20. The molecule has 3 nitrogen and oxygen atoms in total. The number of aldehydes is 1. The molecule has 6 atom stereocenters. The van der Waals surface area contributed by atoms with Crippen LogP contribution in [0.3, 0.4) is 0 Å². The van der Waals surface area contributed by atoms with Gasteiger partial charge in [0.2, 0.25) is 0 Å². The van der Waals surface area contributed by atoms with Gasteiger partial charge in [-0.2, -0.15) is 0 Å². The SMILES string of the molecule is CC1CCC2C(CCC3C(C)CCCC32)C1.CC=O.O=CO. The highest BCUT2D eigenvalue weighted by molar-refractivity contribution is 5.44. The summed E-state index contributed by atoms with van der Waals surface area (Å²) in [6.07, 6.45) is 13.2. The molecular formula is C19H34O3. The summed E-state index contributed by atoms with van der Waals surface area (Å²) in [4.78, 5) is 17.2. The van der Waals surface area contributed by atoms with Gasteiger partial charge in [0, 0.05) is 0 Å². The highest BCUT2D eigenvalue weighted by Gasteiger charge is 2.44. The summed E-state index contributed by atoms with van der Waals surface area (Å²) in [6, 6.07) is 0. The van der Waals surface area contributed by atoms with Gasteiger partial charge >= 0.3 is 0 Å². The Balaban J connectivity index is 0.000000353. The van der Waals surface area contributed by atoms with E-state index >= 15 is 0 Å². The van der Waals surface area contributed by atoms with Gasteiger partial charge < -0.3 is 9.90 Å². The van der Waals surface area contributed by atoms with Crippen LogP contribution in [0.5, 0.6) is 0 Å². The Bertz CT molecular complexity index is 323. The first-order chi connectivity index (χ1) is 10.6. The van der Waals surface area contributed by atoms with Crippen LogP contribution in [0.2, 0.25) is 0 Å². The van der Waals surface area contributed by atoms with Crippen LogP contribution in [-0.4, -0.2) is 17.9 Å². The van der Waals surface area contributed by atoms with E-state index in [4.69, 9.17) is 14.7 Å². The number of fused-ring (bicyclic) bond motifs is 3. The van der Waals surface area contributed by atoms with Crippen LogP contribution in [-0.2, 0) is 9.59 Å². The molecule has 0 amide bonds. The average Bonchev–Trinajstić information content (AvgIpc) is 2.48. The molecule has 3 rings (SSSR count). The van der Waals surface area contributed by atoms with Crippen LogP contribution in [0.25, 0.3) is 0 Å². The Morgan fingerprint density at radius 1 is 0.864 bits per heavy atom. The molecular weight excluding hydrogens is 276 g/mol. The molecule has 6 unspecified atom stereocenters. The molecule has 0 radical (unpaired) electrons. The lowest BCUT2D eigenvalue weighted by atomic mass is 9.54. The summed E-state index contributed by atoms with van der Waals surface area (Å²) in [5, 5.41) is 6.89. The summed E-state index contributed by atoms with van der Waals surface area (Å²) in [7, 11) is 0. The molecule has 3 aliphatic rings. The number of carbonyl (C=O) groups is 2. The van der Waals surface area contributed by atoms with Crippen molar-refractivity contribution in [3.8, 4) is 0 Å². The monoisotopic (exact) mass is 310 g/mol. The maximum atomic E-state index is 8.81. The Labute approximate surface area is 135 Å². The number of hydrogen-bond donors (Lipinski definition) is 1. The lowest BCUT2D eigenvalue weighted by molar-refractivity contribution is -0.122. The Hall–Kier alpha value is -0.860. The minimum atomic E-state index is -0.250. The molecule has 0 aliphatic heterocycles. The zero-order valence-corrected chi connectivity index (χ0v) is 14.5. The second-order valence-corrected chi connectivity index (χ2v) is 7.50. The van der Waals surface area contributed by atoms with E-state index in [1.165, 1.54) is 26.2 Å². The van der Waals surface area contributed by atoms with E-state index in [1.807, 2.05) is 0 Å². The second kappa shape index (κ2) is 10.0. The molecule has 3 heteroatoms. The lowest BCUT2D eigenvalue weighted by Gasteiger charge is -2.51. The van der Waals surface area contributed by atoms with Gasteiger partial charge in [-0.3, -0.25) is 4.79 Å². The second-order valence-electron chi connectivity index (χ2n) is 7.50. The van der Waals surface area contributed by atoms with Gasteiger partial charge in [0.1, 0.15) is 6.29 Å². The van der Waals surface area contributed by atoms with Crippen LogP contribution in [0, 0.1) is 35.5 Å². The molecule has 0 spiro atoms. The van der Waals surface area contributed by atoms with Crippen molar-refractivity contribution in [3.63, 3.8) is 0 Å². The number of carboxylic acid groups (broad SMARTS) is 1. The zero-order valence-electron chi connectivity index (χ0n) is 14.5. The van der Waals surface area contributed by atoms with Crippen LogP contribution >= 0.6 is 0 Å². The predicted octanol–water partition coefficient (Wildman–Crippen LogP) is 4.79. The maximum absolute atomic E-state index is 8.81. The van der Waals surface area contributed by atoms with E-state index in [0.717, 1.165) is 41.8 Å². The van der Waals surface area contributed by atoms with Gasteiger partial charge in [-0.15, -0.1) is 0 Å². The van der Waals surface area contributed by atoms with Crippen LogP contribution in [0.1, 0.15) is 72.1 Å². The summed E-state index contributed by atoms with van der Waals surface area (Å²) in [6.45, 7) is 6.20. The van der Waals surface area contributed by atoms with E-state index in [0.29, 0.717) is 0 Å². The molecule has 1 N–H and O–H groups in total. The summed E-state index contributed by atoms with van der Waals surface area (Å²) < 4.78 is 0. The van der Waals surface area contributed by atoms with Gasteiger partial charge in [0.15, 0.2) is 0 Å². The molecule has 0 aromatic carbocycles. The third-order valence-corrected chi connectivity index (χ3v) is 6.20. The molecule has 0 bridgehead atoms. The van der Waals surface area contributed by atoms with Crippen molar-refractivity contribution in [1.29, 1.82) is 0 Å². The van der Waals surface area contributed by atoms with Gasteiger partial charge in [-0.1, -0.05) is 33.1 Å². The molecule has 128 valence electrons. The standard InChI is InChI=1S/C16H28.C2H4O.CH2O2/c1-11-6-8-15-13(10-11)7-9-14-12(2)4-3-5-16(14)15;1-2-3;2-1-3/h11-16H,3-10H2,1-2H3;2H,1H3;1H,(H,2,3). The van der Waals surface area contributed by atoms with E-state index < -0.39 is 0 Å². The number of hydrogen-bond acceptors (Lipinski definition) is 2. The fraction of sp³-hybridized carbons (Fsp3) is 0.895. The summed E-state index contributed by atoms with van der Waals surface area (Å²) >= 11 is 0. The van der Waals surface area contributed by atoms with E-state index in [-0.39, 0.29) is 6.47 Å². The quantitative estimate of drug-likeness (QED) is 0.654. The van der Waals surface area contributed by atoms with Crippen LogP contribution < -0.4 is 0 Å². The van der Waals surface area contributed by atoms with Gasteiger partial charge in [-0.25, -0.2) is 0 Å². The fourth-order valence-electron chi connectivity index (χ4n) is 5.38. The molecule has 0 heterocycles. The Kier molecular flexibility index (Phi) is 8.74. The first-order valence-electron chi connectivity index (χ1n) is 9.06. The maximum Gasteiger partial charge on any atom is 0.290 e. The van der Waals surface area contributed by atoms with Crippen molar-refractivity contribution in [1.82, 2.24) is 0 Å². The van der Waals surface area contributed by atoms with Crippen molar-refractivity contribution >= 4 is 12.8 Å². The molecule has 0 aromatic rings. The Morgan fingerprint density at radius 2 is 1.45 bits per heavy atom. The first-order valence-corrected chi connectivity index (χ1v) is 9.06. The highest BCUT2D eigenvalue weighted by atomic mass is 16.3. The zero-order chi connectivity index (χ0) is 16.5. The van der Waals surface area contributed by atoms with E-state index in [1.54, 1.807) is 32.1 Å². The molecule has 3 fully saturated rings. The van der Waals surface area contributed by atoms with Crippen LogP contribution in [0.4, 0.5) is 0 Å². The van der Waals surface area contributed by atoms with Gasteiger partial charge in [-0.05, 0) is 74.5 Å². The van der Waals surface area contributed by atoms with E-state index in [2.05, 4.69) is 13.8 Å². The first kappa shape index (κ1) is 19.2. The molecule has 3 aliphatic carbocycles. The largest absolute Gasteiger partial charge is 0.483 e. The molecule has 0 aromatic heterocycles. The van der Waals surface area contributed by atoms with Crippen molar-refractivity contribution < 1.29 is 14.7 Å². The lowest BCUT2D eigenvalue weighted by Crippen LogP contribution is -2.42. The summed E-state index contributed by atoms with van der Waals surface area (Å²) in [5.74, 6) is 6.57. The van der Waals surface area contributed by atoms with Crippen molar-refractivity contribution in [2.24, 2.45) is 35.5 Å². The average molecular weight is 310 g/mol. The highest BCUT2D eigenvalue weighted by Crippen LogP contribution is 2.53. The summed E-state index contributed by atoms with van der Waals surface area (Å²) in [5.41, 5.74) is 0. The van der Waals surface area contributed by atoms with E-state index in [9.17, 15) is 0 Å². The topological polar surface area (TPSA) is 54.4 Å². The molecule has 0 saturated heterocycles. The third kappa shape index (κ3) is 5.10. The smallest absolute Gasteiger partial charge is 0.290 e. The van der Waals surface area contributed by atoms with Gasteiger partial charge in [0.05, 0.1) is 0 Å². The van der Waals surface area contributed by atoms with Crippen molar-refractivity contribution in [3.05, 3.63) is 0 Å². The van der Waals surface area contributed by atoms with Crippen molar-refractivity contribution in [2.45, 2.75) is 72.1 Å². The van der Waals surface area contributed by atoms with Crippen LogP contribution in [0.15, 0.2) is 0 Å². The molecule has 3 saturated carbocycles. The number of carbonyl (C=O) groups excluding carboxylic acids is 1. The Morgan fingerprint density at radius 3 is 2.09 bits per heavy atom. The predicted molar refractivity (Wildman–Crippen MR) is 89.7 cm³/mol. The minimum absolute atomic E-state index is 0.250. The normalized spacial score (nSPS) is 39.6. The number of rotatable bonds is 0. The van der Waals surface area contributed by atoms with Gasteiger partial charge in [0.25, 0.3) is 6.47 Å². The van der Waals surface area contributed by atoms with Crippen molar-refractivity contribution in [2.75, 3.05) is 0 Å².